The minimum absolute atomic E-state index is 0.465. The van der Waals surface area contributed by atoms with Crippen LogP contribution in [0.2, 0.25) is 0 Å². The summed E-state index contributed by atoms with van der Waals surface area (Å²) in [6.45, 7) is 8.17. The smallest absolute Gasteiger partial charge is 0.136 e. The summed E-state index contributed by atoms with van der Waals surface area (Å²) < 4.78 is 5.63. The lowest BCUT2D eigenvalue weighted by atomic mass is 9.94. The zero-order valence-corrected chi connectivity index (χ0v) is 11.3. The first-order valence-electron chi connectivity index (χ1n) is 7.00. The van der Waals surface area contributed by atoms with Crippen molar-refractivity contribution in [2.45, 2.75) is 64.6 Å². The van der Waals surface area contributed by atoms with Crippen LogP contribution in [0.15, 0.2) is 0 Å². The summed E-state index contributed by atoms with van der Waals surface area (Å²) in [6.07, 6.45) is 3.94. The maximum atomic E-state index is 11.6. The van der Waals surface area contributed by atoms with Crippen molar-refractivity contribution in [3.8, 4) is 0 Å². The van der Waals surface area contributed by atoms with Gasteiger partial charge < -0.3 is 4.74 Å². The summed E-state index contributed by atoms with van der Waals surface area (Å²) in [5.41, 5.74) is 0. The molecule has 0 saturated carbocycles. The molecule has 0 radical (unpaired) electrons. The van der Waals surface area contributed by atoms with Gasteiger partial charge in [-0.15, -0.1) is 0 Å². The predicted molar refractivity (Wildman–Crippen MR) is 68.0 cm³/mol. The summed E-state index contributed by atoms with van der Waals surface area (Å²) in [4.78, 5) is 14.2. The van der Waals surface area contributed by atoms with E-state index in [1.165, 1.54) is 12.8 Å². The SMILES string of the molecule is CCOCC(C(C)C)N1C2CCC1CC(=O)C2. The van der Waals surface area contributed by atoms with Crippen LogP contribution in [0.3, 0.4) is 0 Å². The Morgan fingerprint density at radius 2 is 1.88 bits per heavy atom. The van der Waals surface area contributed by atoms with E-state index in [1.54, 1.807) is 0 Å². The van der Waals surface area contributed by atoms with Crippen LogP contribution in [-0.4, -0.2) is 42.0 Å². The van der Waals surface area contributed by atoms with Gasteiger partial charge in [-0.1, -0.05) is 13.8 Å². The Balaban J connectivity index is 2.06. The van der Waals surface area contributed by atoms with E-state index in [4.69, 9.17) is 4.74 Å². The maximum Gasteiger partial charge on any atom is 0.136 e. The molecular formula is C14H25NO2. The molecule has 0 spiro atoms. The topological polar surface area (TPSA) is 29.5 Å². The number of nitrogens with zero attached hydrogens (tertiary/aromatic N) is 1. The summed E-state index contributed by atoms with van der Waals surface area (Å²) in [5.74, 6) is 1.06. The minimum atomic E-state index is 0.465. The van der Waals surface area contributed by atoms with Crippen LogP contribution in [0.1, 0.15) is 46.5 Å². The van der Waals surface area contributed by atoms with E-state index in [-0.39, 0.29) is 0 Å². The molecule has 2 aliphatic rings. The van der Waals surface area contributed by atoms with Crippen molar-refractivity contribution in [3.05, 3.63) is 0 Å². The monoisotopic (exact) mass is 239 g/mol. The van der Waals surface area contributed by atoms with Gasteiger partial charge in [0.25, 0.3) is 0 Å². The molecule has 17 heavy (non-hydrogen) atoms. The second-order valence-corrected chi connectivity index (χ2v) is 5.75. The molecule has 3 nitrogen and oxygen atoms in total. The molecule has 0 amide bonds. The number of ketones is 1. The fourth-order valence-corrected chi connectivity index (χ4v) is 3.41. The molecule has 0 aromatic heterocycles. The molecule has 2 aliphatic heterocycles. The van der Waals surface area contributed by atoms with Crippen LogP contribution in [0.4, 0.5) is 0 Å². The van der Waals surface area contributed by atoms with Gasteiger partial charge in [0.1, 0.15) is 5.78 Å². The van der Waals surface area contributed by atoms with Gasteiger partial charge in [0.2, 0.25) is 0 Å². The van der Waals surface area contributed by atoms with Crippen molar-refractivity contribution in [3.63, 3.8) is 0 Å². The van der Waals surface area contributed by atoms with Crippen LogP contribution < -0.4 is 0 Å². The standard InChI is InChI=1S/C14H25NO2/c1-4-17-9-14(10(2)3)15-11-5-6-12(15)8-13(16)7-11/h10-12,14H,4-9H2,1-3H3. The van der Waals surface area contributed by atoms with E-state index in [1.807, 2.05) is 6.92 Å². The van der Waals surface area contributed by atoms with Crippen molar-refractivity contribution in [2.24, 2.45) is 5.92 Å². The fraction of sp³-hybridized carbons (Fsp3) is 0.929. The Morgan fingerprint density at radius 3 is 2.35 bits per heavy atom. The Morgan fingerprint density at radius 1 is 1.29 bits per heavy atom. The van der Waals surface area contributed by atoms with Gasteiger partial charge in [-0.2, -0.15) is 0 Å². The third kappa shape index (κ3) is 2.71. The van der Waals surface area contributed by atoms with Crippen LogP contribution >= 0.6 is 0 Å². The van der Waals surface area contributed by atoms with E-state index in [9.17, 15) is 4.79 Å². The van der Waals surface area contributed by atoms with Crippen LogP contribution in [-0.2, 0) is 9.53 Å². The highest BCUT2D eigenvalue weighted by atomic mass is 16.5. The molecule has 2 fully saturated rings. The lowest BCUT2D eigenvalue weighted by molar-refractivity contribution is -0.125. The Labute approximate surface area is 105 Å². The van der Waals surface area contributed by atoms with E-state index >= 15 is 0 Å². The predicted octanol–water partition coefficient (Wildman–Crippen LogP) is 2.24. The third-order valence-electron chi connectivity index (χ3n) is 4.25. The highest BCUT2D eigenvalue weighted by Crippen LogP contribution is 2.37. The number of fused-ring (bicyclic) bond motifs is 2. The molecule has 2 heterocycles. The van der Waals surface area contributed by atoms with E-state index < -0.39 is 0 Å². The first-order chi connectivity index (χ1) is 8.13. The molecule has 3 atom stereocenters. The molecule has 3 unspecified atom stereocenters. The zero-order valence-electron chi connectivity index (χ0n) is 11.3. The lowest BCUT2D eigenvalue weighted by Gasteiger charge is -2.42. The van der Waals surface area contributed by atoms with Gasteiger partial charge in [0.05, 0.1) is 6.61 Å². The number of Topliss-reactive ketones (excluding diaryl/α,β-unsaturated/α-hetero) is 1. The van der Waals surface area contributed by atoms with E-state index in [0.29, 0.717) is 29.8 Å². The first kappa shape index (κ1) is 13.0. The van der Waals surface area contributed by atoms with Crippen molar-refractivity contribution in [1.82, 2.24) is 4.90 Å². The van der Waals surface area contributed by atoms with Gasteiger partial charge in [-0.3, -0.25) is 9.69 Å². The molecule has 2 bridgehead atoms. The van der Waals surface area contributed by atoms with Gasteiger partial charge in [0.15, 0.2) is 0 Å². The molecule has 3 heteroatoms. The Bertz CT molecular complexity index is 261. The number of rotatable bonds is 5. The van der Waals surface area contributed by atoms with Crippen molar-refractivity contribution >= 4 is 5.78 Å². The maximum absolute atomic E-state index is 11.6. The Hall–Kier alpha value is -0.410. The summed E-state index contributed by atoms with van der Waals surface area (Å²) >= 11 is 0. The van der Waals surface area contributed by atoms with E-state index in [2.05, 4.69) is 18.7 Å². The van der Waals surface area contributed by atoms with Crippen LogP contribution in [0, 0.1) is 5.92 Å². The molecule has 0 aromatic rings. The Kier molecular flexibility index (Phi) is 4.21. The summed E-state index contributed by atoms with van der Waals surface area (Å²) in [6, 6.07) is 1.48. The molecule has 2 rings (SSSR count). The minimum Gasteiger partial charge on any atom is -0.380 e. The quantitative estimate of drug-likeness (QED) is 0.737. The number of carbonyl (C=O) groups is 1. The largest absolute Gasteiger partial charge is 0.380 e. The average molecular weight is 239 g/mol. The molecule has 0 aliphatic carbocycles. The fourth-order valence-electron chi connectivity index (χ4n) is 3.41. The zero-order chi connectivity index (χ0) is 12.4. The van der Waals surface area contributed by atoms with Gasteiger partial charge >= 0.3 is 0 Å². The number of piperidine rings is 1. The van der Waals surface area contributed by atoms with E-state index in [0.717, 1.165) is 26.1 Å². The van der Waals surface area contributed by atoms with Crippen molar-refractivity contribution in [1.29, 1.82) is 0 Å². The van der Waals surface area contributed by atoms with Crippen molar-refractivity contribution in [2.75, 3.05) is 13.2 Å². The number of hydrogen-bond acceptors (Lipinski definition) is 3. The molecule has 2 saturated heterocycles. The summed E-state index contributed by atoms with van der Waals surface area (Å²) in [5, 5.41) is 0. The second kappa shape index (κ2) is 5.49. The van der Waals surface area contributed by atoms with Crippen LogP contribution in [0.5, 0.6) is 0 Å². The number of carbonyl (C=O) groups excluding carboxylic acids is 1. The van der Waals surface area contributed by atoms with Gasteiger partial charge in [0, 0.05) is 37.6 Å². The second-order valence-electron chi connectivity index (χ2n) is 5.75. The average Bonchev–Trinajstić information content (AvgIpc) is 2.53. The number of ether oxygens (including phenoxy) is 1. The molecule has 98 valence electrons. The third-order valence-corrected chi connectivity index (χ3v) is 4.25. The van der Waals surface area contributed by atoms with Crippen LogP contribution in [0.25, 0.3) is 0 Å². The molecule has 0 aromatic carbocycles. The van der Waals surface area contributed by atoms with Gasteiger partial charge in [-0.05, 0) is 25.7 Å². The highest BCUT2D eigenvalue weighted by molar-refractivity contribution is 5.81. The molecular weight excluding hydrogens is 214 g/mol. The summed E-state index contributed by atoms with van der Waals surface area (Å²) in [7, 11) is 0. The van der Waals surface area contributed by atoms with Crippen molar-refractivity contribution < 1.29 is 9.53 Å². The normalized spacial score (nSPS) is 31.2. The first-order valence-corrected chi connectivity index (χ1v) is 7.00. The highest BCUT2D eigenvalue weighted by Gasteiger charge is 2.44. The number of hydrogen-bond donors (Lipinski definition) is 0. The molecule has 0 N–H and O–H groups in total. The lowest BCUT2D eigenvalue weighted by Crippen LogP contribution is -2.52. The van der Waals surface area contributed by atoms with Gasteiger partial charge in [-0.25, -0.2) is 0 Å².